The van der Waals surface area contributed by atoms with Crippen LogP contribution in [0.4, 0.5) is 0 Å². The van der Waals surface area contributed by atoms with E-state index in [1.807, 2.05) is 0 Å². The standard InChI is InChI=1S/C11H22N2O2/c1-9(7-10(14)15-4)13-6-5-12-8-11(13,2)3/h9,12H,5-8H2,1-4H3. The summed E-state index contributed by atoms with van der Waals surface area (Å²) in [5, 5.41) is 3.37. The molecule has 1 atom stereocenters. The van der Waals surface area contributed by atoms with E-state index in [4.69, 9.17) is 4.74 Å². The third-order valence-electron chi connectivity index (χ3n) is 3.09. The molecule has 4 heteroatoms. The van der Waals surface area contributed by atoms with Gasteiger partial charge in [-0.25, -0.2) is 0 Å². The second kappa shape index (κ2) is 4.94. The van der Waals surface area contributed by atoms with Crippen LogP contribution in [-0.2, 0) is 9.53 Å². The van der Waals surface area contributed by atoms with Gasteiger partial charge in [0, 0.05) is 31.2 Å². The van der Waals surface area contributed by atoms with Gasteiger partial charge in [-0.2, -0.15) is 0 Å². The van der Waals surface area contributed by atoms with Crippen molar-refractivity contribution < 1.29 is 9.53 Å². The fourth-order valence-electron chi connectivity index (χ4n) is 2.25. The van der Waals surface area contributed by atoms with Crippen LogP contribution in [-0.4, -0.2) is 49.2 Å². The molecule has 1 aliphatic rings. The van der Waals surface area contributed by atoms with Crippen LogP contribution < -0.4 is 5.32 Å². The van der Waals surface area contributed by atoms with Crippen molar-refractivity contribution >= 4 is 5.97 Å². The second-order valence-electron chi connectivity index (χ2n) is 4.81. The largest absolute Gasteiger partial charge is 0.469 e. The number of carbonyl (C=O) groups excluding carboxylic acids is 1. The molecule has 0 radical (unpaired) electrons. The zero-order chi connectivity index (χ0) is 11.5. The summed E-state index contributed by atoms with van der Waals surface area (Å²) in [6.07, 6.45) is 0.472. The number of rotatable bonds is 3. The van der Waals surface area contributed by atoms with E-state index < -0.39 is 0 Å². The molecule has 0 aromatic rings. The summed E-state index contributed by atoms with van der Waals surface area (Å²) in [5.41, 5.74) is 0.117. The Kier molecular flexibility index (Phi) is 4.11. The van der Waals surface area contributed by atoms with E-state index in [2.05, 4.69) is 31.0 Å². The van der Waals surface area contributed by atoms with Crippen molar-refractivity contribution in [3.8, 4) is 0 Å². The lowest BCUT2D eigenvalue weighted by Crippen LogP contribution is -2.60. The Morgan fingerprint density at radius 1 is 1.60 bits per heavy atom. The van der Waals surface area contributed by atoms with Crippen LogP contribution >= 0.6 is 0 Å². The van der Waals surface area contributed by atoms with Gasteiger partial charge in [0.1, 0.15) is 0 Å². The fraction of sp³-hybridized carbons (Fsp3) is 0.909. The molecule has 15 heavy (non-hydrogen) atoms. The highest BCUT2D eigenvalue weighted by Crippen LogP contribution is 2.20. The van der Waals surface area contributed by atoms with Gasteiger partial charge in [-0.05, 0) is 20.8 Å². The topological polar surface area (TPSA) is 41.6 Å². The first kappa shape index (κ1) is 12.5. The van der Waals surface area contributed by atoms with E-state index in [0.717, 1.165) is 19.6 Å². The maximum atomic E-state index is 11.2. The molecule has 1 unspecified atom stereocenters. The number of hydrogen-bond acceptors (Lipinski definition) is 4. The molecule has 0 saturated carbocycles. The van der Waals surface area contributed by atoms with Crippen molar-refractivity contribution in [1.82, 2.24) is 10.2 Å². The number of piperazine rings is 1. The number of nitrogens with zero attached hydrogens (tertiary/aromatic N) is 1. The lowest BCUT2D eigenvalue weighted by Gasteiger charge is -2.46. The highest BCUT2D eigenvalue weighted by Gasteiger charge is 2.33. The average molecular weight is 214 g/mol. The molecule has 0 aromatic heterocycles. The molecular weight excluding hydrogens is 192 g/mol. The molecule has 1 saturated heterocycles. The van der Waals surface area contributed by atoms with Crippen molar-refractivity contribution in [3.05, 3.63) is 0 Å². The first-order valence-electron chi connectivity index (χ1n) is 5.51. The number of esters is 1. The van der Waals surface area contributed by atoms with Crippen LogP contribution in [0.5, 0.6) is 0 Å². The minimum absolute atomic E-state index is 0.117. The van der Waals surface area contributed by atoms with E-state index >= 15 is 0 Å². The van der Waals surface area contributed by atoms with Crippen LogP contribution in [0.25, 0.3) is 0 Å². The number of methoxy groups -OCH3 is 1. The van der Waals surface area contributed by atoms with E-state index in [0.29, 0.717) is 6.42 Å². The van der Waals surface area contributed by atoms with Crippen molar-refractivity contribution in [1.29, 1.82) is 0 Å². The summed E-state index contributed by atoms with van der Waals surface area (Å²) in [4.78, 5) is 13.6. The summed E-state index contributed by atoms with van der Waals surface area (Å²) in [6.45, 7) is 9.45. The summed E-state index contributed by atoms with van der Waals surface area (Å²) in [5.74, 6) is -0.128. The van der Waals surface area contributed by atoms with Crippen molar-refractivity contribution in [2.45, 2.75) is 38.8 Å². The maximum absolute atomic E-state index is 11.2. The minimum atomic E-state index is -0.128. The van der Waals surface area contributed by atoms with E-state index in [1.165, 1.54) is 7.11 Å². The summed E-state index contributed by atoms with van der Waals surface area (Å²) in [7, 11) is 1.44. The molecule has 4 nitrogen and oxygen atoms in total. The second-order valence-corrected chi connectivity index (χ2v) is 4.81. The van der Waals surface area contributed by atoms with Gasteiger partial charge in [-0.3, -0.25) is 9.69 Å². The molecule has 1 fully saturated rings. The lowest BCUT2D eigenvalue weighted by atomic mass is 9.97. The van der Waals surface area contributed by atoms with Gasteiger partial charge >= 0.3 is 5.97 Å². The average Bonchev–Trinajstić information content (AvgIpc) is 2.16. The summed E-state index contributed by atoms with van der Waals surface area (Å²) < 4.78 is 4.70. The van der Waals surface area contributed by atoms with Gasteiger partial charge in [0.05, 0.1) is 13.5 Å². The molecule has 0 aromatic carbocycles. The van der Waals surface area contributed by atoms with Crippen molar-refractivity contribution in [2.24, 2.45) is 0 Å². The molecule has 0 amide bonds. The fourth-order valence-corrected chi connectivity index (χ4v) is 2.25. The molecule has 88 valence electrons. The predicted molar refractivity (Wildman–Crippen MR) is 59.7 cm³/mol. The molecule has 1 rings (SSSR count). The van der Waals surface area contributed by atoms with Crippen molar-refractivity contribution in [3.63, 3.8) is 0 Å². The Balaban J connectivity index is 2.56. The molecule has 1 N–H and O–H groups in total. The van der Waals surface area contributed by atoms with Gasteiger partial charge in [0.25, 0.3) is 0 Å². The summed E-state index contributed by atoms with van der Waals surface area (Å²) in [6, 6.07) is 0.245. The van der Waals surface area contributed by atoms with Crippen LogP contribution in [0, 0.1) is 0 Å². The van der Waals surface area contributed by atoms with Crippen LogP contribution in [0.2, 0.25) is 0 Å². The Morgan fingerprint density at radius 2 is 2.27 bits per heavy atom. The molecule has 0 aliphatic carbocycles. The van der Waals surface area contributed by atoms with Gasteiger partial charge in [-0.15, -0.1) is 0 Å². The van der Waals surface area contributed by atoms with Crippen LogP contribution in [0.15, 0.2) is 0 Å². The Hall–Kier alpha value is -0.610. The highest BCUT2D eigenvalue weighted by atomic mass is 16.5. The first-order chi connectivity index (χ1) is 6.97. The third kappa shape index (κ3) is 3.18. The van der Waals surface area contributed by atoms with E-state index in [9.17, 15) is 4.79 Å². The first-order valence-corrected chi connectivity index (χ1v) is 5.51. The maximum Gasteiger partial charge on any atom is 0.307 e. The molecule has 0 bridgehead atoms. The van der Waals surface area contributed by atoms with Crippen LogP contribution in [0.1, 0.15) is 27.2 Å². The number of ether oxygens (including phenoxy) is 1. The third-order valence-corrected chi connectivity index (χ3v) is 3.09. The quantitative estimate of drug-likeness (QED) is 0.699. The smallest absolute Gasteiger partial charge is 0.307 e. The molecule has 0 spiro atoms. The lowest BCUT2D eigenvalue weighted by molar-refractivity contribution is -0.142. The van der Waals surface area contributed by atoms with Gasteiger partial charge in [-0.1, -0.05) is 0 Å². The van der Waals surface area contributed by atoms with Gasteiger partial charge in [0.15, 0.2) is 0 Å². The van der Waals surface area contributed by atoms with Gasteiger partial charge < -0.3 is 10.1 Å². The monoisotopic (exact) mass is 214 g/mol. The number of hydrogen-bond donors (Lipinski definition) is 1. The summed E-state index contributed by atoms with van der Waals surface area (Å²) >= 11 is 0. The van der Waals surface area contributed by atoms with Crippen molar-refractivity contribution in [2.75, 3.05) is 26.7 Å². The molecule has 1 heterocycles. The van der Waals surface area contributed by atoms with Crippen LogP contribution in [0.3, 0.4) is 0 Å². The minimum Gasteiger partial charge on any atom is -0.469 e. The number of nitrogens with one attached hydrogen (secondary N) is 1. The SMILES string of the molecule is COC(=O)CC(C)N1CCNCC1(C)C. The Morgan fingerprint density at radius 3 is 2.80 bits per heavy atom. The Labute approximate surface area is 92.0 Å². The zero-order valence-corrected chi connectivity index (χ0v) is 10.2. The van der Waals surface area contributed by atoms with E-state index in [1.54, 1.807) is 0 Å². The van der Waals surface area contributed by atoms with E-state index in [-0.39, 0.29) is 17.6 Å². The highest BCUT2D eigenvalue weighted by molar-refractivity contribution is 5.69. The van der Waals surface area contributed by atoms with Gasteiger partial charge in [0.2, 0.25) is 0 Å². The molecular formula is C11H22N2O2. The number of carbonyl (C=O) groups is 1. The predicted octanol–water partition coefficient (Wildman–Crippen LogP) is 0.622. The zero-order valence-electron chi connectivity index (χ0n) is 10.2. The normalized spacial score (nSPS) is 23.5. The molecule has 1 aliphatic heterocycles. The Bertz CT molecular complexity index is 229.